The molecular formula is C8H7F3N2O3. The fraction of sp³-hybridized carbons (Fsp3) is 0.375. The van der Waals surface area contributed by atoms with E-state index in [1.807, 2.05) is 0 Å². The third-order valence-electron chi connectivity index (χ3n) is 1.56. The van der Waals surface area contributed by atoms with Gasteiger partial charge in [-0.2, -0.15) is 13.2 Å². The summed E-state index contributed by atoms with van der Waals surface area (Å²) in [4.78, 5) is 26.6. The van der Waals surface area contributed by atoms with Gasteiger partial charge in [0.15, 0.2) is 0 Å². The van der Waals surface area contributed by atoms with Crippen molar-refractivity contribution in [1.82, 2.24) is 9.97 Å². The molecule has 1 aromatic heterocycles. The molecule has 0 atom stereocenters. The molecule has 0 saturated carbocycles. The van der Waals surface area contributed by atoms with Gasteiger partial charge in [0.25, 0.3) is 5.56 Å². The number of H-pyrrole nitrogens is 1. The summed E-state index contributed by atoms with van der Waals surface area (Å²) in [6, 6.07) is 0. The van der Waals surface area contributed by atoms with Crippen LogP contribution in [-0.4, -0.2) is 22.5 Å². The molecule has 1 rings (SSSR count). The molecule has 1 aromatic rings. The summed E-state index contributed by atoms with van der Waals surface area (Å²) in [6.07, 6.45) is -4.22. The Morgan fingerprint density at radius 3 is 2.62 bits per heavy atom. The van der Waals surface area contributed by atoms with Gasteiger partial charge in [-0.25, -0.2) is 9.78 Å². The van der Waals surface area contributed by atoms with Crippen LogP contribution in [0.2, 0.25) is 0 Å². The normalized spacial score (nSPS) is 11.2. The number of aromatic nitrogens is 2. The Hall–Kier alpha value is -1.86. The maximum absolute atomic E-state index is 12.1. The quantitative estimate of drug-likeness (QED) is 0.776. The number of nitrogens with one attached hydrogen (secondary N) is 1. The molecule has 5 nitrogen and oxygen atoms in total. The lowest BCUT2D eigenvalue weighted by atomic mass is 10.3. The average Bonchev–Trinajstić information content (AvgIpc) is 2.16. The van der Waals surface area contributed by atoms with Crippen LogP contribution >= 0.6 is 0 Å². The number of hydrogen-bond donors (Lipinski definition) is 1. The number of ether oxygens (including phenoxy) is 1. The smallest absolute Gasteiger partial charge is 0.449 e. The molecule has 0 radical (unpaired) electrons. The molecule has 0 saturated heterocycles. The predicted octanol–water partition coefficient (Wildman–Crippen LogP) is 0.965. The first-order valence-electron chi connectivity index (χ1n) is 4.20. The van der Waals surface area contributed by atoms with Gasteiger partial charge in [0.1, 0.15) is 5.56 Å². The standard InChI is InChI=1S/C8H7F3N2O3/c1-2-16-6(15)4-3-12-7(8(9,10)11)13-5(4)14/h3H,2H2,1H3,(H,12,13,14). The van der Waals surface area contributed by atoms with E-state index in [0.717, 1.165) is 0 Å². The van der Waals surface area contributed by atoms with Gasteiger partial charge in [-0.3, -0.25) is 4.79 Å². The van der Waals surface area contributed by atoms with E-state index < -0.39 is 29.1 Å². The Labute approximate surface area is 87.3 Å². The predicted molar refractivity (Wildman–Crippen MR) is 45.8 cm³/mol. The van der Waals surface area contributed by atoms with E-state index in [4.69, 9.17) is 0 Å². The number of halogens is 3. The van der Waals surface area contributed by atoms with Crippen molar-refractivity contribution in [2.24, 2.45) is 0 Å². The monoisotopic (exact) mass is 236 g/mol. The highest BCUT2D eigenvalue weighted by molar-refractivity contribution is 5.88. The van der Waals surface area contributed by atoms with Gasteiger partial charge in [0.2, 0.25) is 5.82 Å². The molecule has 0 unspecified atom stereocenters. The summed E-state index contributed by atoms with van der Waals surface area (Å²) in [7, 11) is 0. The van der Waals surface area contributed by atoms with Crippen LogP contribution in [0.3, 0.4) is 0 Å². The zero-order valence-corrected chi connectivity index (χ0v) is 8.09. The molecular weight excluding hydrogens is 229 g/mol. The molecule has 16 heavy (non-hydrogen) atoms. The minimum absolute atomic E-state index is 0.0132. The van der Waals surface area contributed by atoms with E-state index in [1.54, 1.807) is 0 Å². The summed E-state index contributed by atoms with van der Waals surface area (Å²) in [5.74, 6) is -2.46. The van der Waals surface area contributed by atoms with E-state index in [1.165, 1.54) is 11.9 Å². The number of hydrogen-bond acceptors (Lipinski definition) is 4. The number of nitrogens with zero attached hydrogens (tertiary/aromatic N) is 1. The van der Waals surface area contributed by atoms with Crippen molar-refractivity contribution < 1.29 is 22.7 Å². The van der Waals surface area contributed by atoms with Gasteiger partial charge < -0.3 is 9.72 Å². The zero-order valence-electron chi connectivity index (χ0n) is 8.09. The van der Waals surface area contributed by atoms with Crippen LogP contribution in [0.1, 0.15) is 23.1 Å². The van der Waals surface area contributed by atoms with Gasteiger partial charge in [-0.1, -0.05) is 0 Å². The molecule has 0 amide bonds. The lowest BCUT2D eigenvalue weighted by Gasteiger charge is -2.05. The Bertz CT molecular complexity index is 453. The minimum atomic E-state index is -4.76. The van der Waals surface area contributed by atoms with Crippen LogP contribution in [0.4, 0.5) is 13.2 Å². The van der Waals surface area contributed by atoms with Crippen molar-refractivity contribution in [3.63, 3.8) is 0 Å². The maximum atomic E-state index is 12.1. The molecule has 0 bridgehead atoms. The van der Waals surface area contributed by atoms with Crippen molar-refractivity contribution in [2.75, 3.05) is 6.61 Å². The molecule has 8 heteroatoms. The highest BCUT2D eigenvalue weighted by atomic mass is 19.4. The third-order valence-corrected chi connectivity index (χ3v) is 1.56. The molecule has 0 aliphatic heterocycles. The Kier molecular flexibility index (Phi) is 3.31. The SMILES string of the molecule is CCOC(=O)c1cnc(C(F)(F)F)[nH]c1=O. The highest BCUT2D eigenvalue weighted by Crippen LogP contribution is 2.24. The summed E-state index contributed by atoms with van der Waals surface area (Å²) in [6.45, 7) is 1.52. The number of rotatable bonds is 2. The van der Waals surface area contributed by atoms with Crippen molar-refractivity contribution in [3.8, 4) is 0 Å². The van der Waals surface area contributed by atoms with E-state index in [9.17, 15) is 22.8 Å². The first kappa shape index (κ1) is 12.2. The lowest BCUT2D eigenvalue weighted by molar-refractivity contribution is -0.145. The number of aromatic amines is 1. The second-order valence-electron chi connectivity index (χ2n) is 2.69. The number of alkyl halides is 3. The minimum Gasteiger partial charge on any atom is -0.462 e. The highest BCUT2D eigenvalue weighted by Gasteiger charge is 2.34. The van der Waals surface area contributed by atoms with E-state index in [-0.39, 0.29) is 6.61 Å². The second-order valence-corrected chi connectivity index (χ2v) is 2.69. The van der Waals surface area contributed by atoms with Crippen molar-refractivity contribution in [1.29, 1.82) is 0 Å². The summed E-state index contributed by atoms with van der Waals surface area (Å²) < 4.78 is 40.8. The van der Waals surface area contributed by atoms with Crippen LogP contribution in [0.5, 0.6) is 0 Å². The first-order chi connectivity index (χ1) is 7.36. The third kappa shape index (κ3) is 2.59. The molecule has 88 valence electrons. The van der Waals surface area contributed by atoms with Gasteiger partial charge in [-0.05, 0) is 6.92 Å². The van der Waals surface area contributed by atoms with Crippen molar-refractivity contribution in [2.45, 2.75) is 13.1 Å². The molecule has 0 aliphatic rings. The topological polar surface area (TPSA) is 72.0 Å². The van der Waals surface area contributed by atoms with E-state index in [2.05, 4.69) is 9.72 Å². The van der Waals surface area contributed by atoms with Crippen LogP contribution < -0.4 is 5.56 Å². The summed E-state index contributed by atoms with van der Waals surface area (Å²) >= 11 is 0. The fourth-order valence-electron chi connectivity index (χ4n) is 0.893. The van der Waals surface area contributed by atoms with E-state index >= 15 is 0 Å². The van der Waals surface area contributed by atoms with Gasteiger partial charge >= 0.3 is 12.1 Å². The molecule has 0 aromatic carbocycles. The summed E-state index contributed by atoms with van der Waals surface area (Å²) in [5.41, 5.74) is -1.74. The lowest BCUT2D eigenvalue weighted by Crippen LogP contribution is -2.25. The first-order valence-corrected chi connectivity index (χ1v) is 4.20. The number of esters is 1. The van der Waals surface area contributed by atoms with Gasteiger partial charge in [0.05, 0.1) is 6.61 Å². The Balaban J connectivity index is 3.11. The average molecular weight is 236 g/mol. The van der Waals surface area contributed by atoms with Crippen molar-refractivity contribution >= 4 is 5.97 Å². The second kappa shape index (κ2) is 4.33. The maximum Gasteiger partial charge on any atom is 0.449 e. The van der Waals surface area contributed by atoms with Crippen LogP contribution in [0.15, 0.2) is 11.0 Å². The largest absolute Gasteiger partial charge is 0.462 e. The van der Waals surface area contributed by atoms with Crippen LogP contribution in [-0.2, 0) is 10.9 Å². The van der Waals surface area contributed by atoms with Crippen molar-refractivity contribution in [3.05, 3.63) is 27.9 Å². The fourth-order valence-corrected chi connectivity index (χ4v) is 0.893. The molecule has 1 heterocycles. The molecule has 0 aliphatic carbocycles. The van der Waals surface area contributed by atoms with E-state index in [0.29, 0.717) is 6.20 Å². The number of carbonyl (C=O) groups excluding carboxylic acids is 1. The Morgan fingerprint density at radius 2 is 2.19 bits per heavy atom. The molecule has 0 spiro atoms. The number of carbonyl (C=O) groups is 1. The molecule has 0 fully saturated rings. The van der Waals surface area contributed by atoms with Gasteiger partial charge in [0, 0.05) is 6.20 Å². The Morgan fingerprint density at radius 1 is 1.56 bits per heavy atom. The molecule has 1 N–H and O–H groups in total. The van der Waals surface area contributed by atoms with Crippen LogP contribution in [0.25, 0.3) is 0 Å². The van der Waals surface area contributed by atoms with Gasteiger partial charge in [-0.15, -0.1) is 0 Å². The van der Waals surface area contributed by atoms with Crippen LogP contribution in [0, 0.1) is 0 Å². The zero-order chi connectivity index (χ0) is 12.3. The summed E-state index contributed by atoms with van der Waals surface area (Å²) in [5, 5.41) is 0.